The van der Waals surface area contributed by atoms with E-state index in [1.165, 1.54) is 4.31 Å². The summed E-state index contributed by atoms with van der Waals surface area (Å²) in [7, 11) is -3.18. The van der Waals surface area contributed by atoms with Gasteiger partial charge in [-0.15, -0.1) is 0 Å². The summed E-state index contributed by atoms with van der Waals surface area (Å²) >= 11 is 6.46. The number of halogens is 1. The molecule has 36 heavy (non-hydrogen) atoms. The molecule has 2 aromatic carbocycles. The Morgan fingerprint density at radius 3 is 2.58 bits per heavy atom. The van der Waals surface area contributed by atoms with Crippen molar-refractivity contribution in [2.75, 3.05) is 18.8 Å². The molecule has 1 N–H and O–H groups in total. The molecule has 6 rings (SSSR count). The molecule has 0 atom stereocenters. The number of nitrogens with zero attached hydrogens (tertiary/aromatic N) is 6. The van der Waals surface area contributed by atoms with Crippen LogP contribution in [0.15, 0.2) is 48.8 Å². The molecule has 3 aromatic heterocycles. The van der Waals surface area contributed by atoms with Crippen LogP contribution in [0.4, 0.5) is 0 Å². The summed E-state index contributed by atoms with van der Waals surface area (Å²) < 4.78 is 33.3. The van der Waals surface area contributed by atoms with Crippen molar-refractivity contribution >= 4 is 43.7 Å². The molecule has 5 aromatic rings. The summed E-state index contributed by atoms with van der Waals surface area (Å²) in [4.78, 5) is 16.9. The van der Waals surface area contributed by atoms with Gasteiger partial charge in [0, 0.05) is 37.0 Å². The van der Waals surface area contributed by atoms with E-state index in [9.17, 15) is 8.42 Å². The highest BCUT2D eigenvalue weighted by molar-refractivity contribution is 7.89. The van der Waals surface area contributed by atoms with Crippen LogP contribution in [0.2, 0.25) is 5.15 Å². The van der Waals surface area contributed by atoms with Crippen molar-refractivity contribution in [1.29, 1.82) is 0 Å². The third kappa shape index (κ3) is 4.08. The molecule has 0 amide bonds. The largest absolute Gasteiger partial charge is 0.457 e. The minimum Gasteiger partial charge on any atom is -0.457 e. The molecule has 1 saturated heterocycles. The molecular formula is C24H22ClN7O3S. The van der Waals surface area contributed by atoms with Crippen LogP contribution in [0.25, 0.3) is 33.3 Å². The Bertz CT molecular complexity index is 1720. The highest BCUT2D eigenvalue weighted by Gasteiger charge is 2.36. The maximum absolute atomic E-state index is 12.0. The van der Waals surface area contributed by atoms with E-state index in [-0.39, 0.29) is 16.9 Å². The molecule has 12 heteroatoms. The molecule has 0 radical (unpaired) electrons. The Labute approximate surface area is 212 Å². The number of ether oxygens (including phenoxy) is 1. The molecular weight excluding hydrogens is 502 g/mol. The van der Waals surface area contributed by atoms with E-state index in [2.05, 4.69) is 20.1 Å². The standard InChI is InChI=1S/C24H22ClN7O3S/c1-3-36(33,34)31-12-16(13-31)32-11-15(10-26-32)23-24(25)30-20-7-5-18(9-22(20)29-23)35-17-4-6-19-21(8-17)28-14(2)27-19/h4-11,16H,3,12-13H2,1-2H3,(H,27,28). The number of hydrogen-bond donors (Lipinski definition) is 1. The van der Waals surface area contributed by atoms with Gasteiger partial charge in [-0.2, -0.15) is 9.40 Å². The second-order valence-electron chi connectivity index (χ2n) is 8.70. The van der Waals surface area contributed by atoms with Gasteiger partial charge >= 0.3 is 0 Å². The van der Waals surface area contributed by atoms with E-state index in [4.69, 9.17) is 21.3 Å². The lowest BCUT2D eigenvalue weighted by Gasteiger charge is -2.37. The van der Waals surface area contributed by atoms with Crippen molar-refractivity contribution in [1.82, 2.24) is 34.0 Å². The van der Waals surface area contributed by atoms with Crippen LogP contribution < -0.4 is 4.74 Å². The van der Waals surface area contributed by atoms with Crippen LogP contribution in [0.5, 0.6) is 11.5 Å². The summed E-state index contributed by atoms with van der Waals surface area (Å²) in [5.41, 5.74) is 4.26. The third-order valence-corrected chi connectivity index (χ3v) is 8.31. The molecule has 0 aliphatic carbocycles. The van der Waals surface area contributed by atoms with Crippen LogP contribution in [0, 0.1) is 6.92 Å². The average Bonchev–Trinajstić information content (AvgIpc) is 3.43. The fraction of sp³-hybridized carbons (Fsp3) is 0.250. The Balaban J connectivity index is 1.26. The number of imidazole rings is 1. The third-order valence-electron chi connectivity index (χ3n) is 6.24. The number of sulfonamides is 1. The predicted molar refractivity (Wildman–Crippen MR) is 137 cm³/mol. The molecule has 0 spiro atoms. The maximum Gasteiger partial charge on any atom is 0.213 e. The first-order valence-corrected chi connectivity index (χ1v) is 13.4. The SMILES string of the molecule is CCS(=O)(=O)N1CC(n2cc(-c3nc4cc(Oc5ccc6nc(C)[nH]c6c5)ccc4nc3Cl)cn2)C1. The van der Waals surface area contributed by atoms with Gasteiger partial charge in [-0.3, -0.25) is 4.68 Å². The second-order valence-corrected chi connectivity index (χ2v) is 11.3. The summed E-state index contributed by atoms with van der Waals surface area (Å²) in [5, 5.41) is 4.68. The van der Waals surface area contributed by atoms with Crippen molar-refractivity contribution in [3.63, 3.8) is 0 Å². The van der Waals surface area contributed by atoms with Crippen LogP contribution in [-0.2, 0) is 10.0 Å². The normalized spacial score (nSPS) is 15.0. The van der Waals surface area contributed by atoms with E-state index >= 15 is 0 Å². The Kier molecular flexibility index (Phi) is 5.43. The van der Waals surface area contributed by atoms with Gasteiger partial charge in [0.25, 0.3) is 0 Å². The van der Waals surface area contributed by atoms with Crippen LogP contribution in [0.1, 0.15) is 18.8 Å². The van der Waals surface area contributed by atoms with E-state index in [0.717, 1.165) is 16.9 Å². The monoisotopic (exact) mass is 523 g/mol. The molecule has 0 saturated carbocycles. The van der Waals surface area contributed by atoms with Gasteiger partial charge in [-0.25, -0.2) is 23.4 Å². The lowest BCUT2D eigenvalue weighted by atomic mass is 10.2. The highest BCUT2D eigenvalue weighted by atomic mass is 35.5. The van der Waals surface area contributed by atoms with Gasteiger partial charge in [0.15, 0.2) is 5.15 Å². The molecule has 184 valence electrons. The van der Waals surface area contributed by atoms with Gasteiger partial charge in [-0.1, -0.05) is 11.6 Å². The number of fused-ring (bicyclic) bond motifs is 2. The molecule has 1 aliphatic heterocycles. The number of rotatable bonds is 6. The fourth-order valence-corrected chi connectivity index (χ4v) is 5.64. The van der Waals surface area contributed by atoms with Crippen molar-refractivity contribution in [2.45, 2.75) is 19.9 Å². The summed E-state index contributed by atoms with van der Waals surface area (Å²) in [6, 6.07) is 11.1. The Morgan fingerprint density at radius 1 is 1.06 bits per heavy atom. The minimum absolute atomic E-state index is 0.0248. The lowest BCUT2D eigenvalue weighted by Crippen LogP contribution is -2.51. The number of benzene rings is 2. The zero-order chi connectivity index (χ0) is 25.0. The first-order chi connectivity index (χ1) is 17.3. The number of aromatic amines is 1. The van der Waals surface area contributed by atoms with Gasteiger partial charge in [0.2, 0.25) is 10.0 Å². The number of hydrogen-bond acceptors (Lipinski definition) is 7. The Hall–Kier alpha value is -3.54. The number of aryl methyl sites for hydroxylation is 1. The highest BCUT2D eigenvalue weighted by Crippen LogP contribution is 2.32. The predicted octanol–water partition coefficient (Wildman–Crippen LogP) is 4.33. The van der Waals surface area contributed by atoms with Crippen molar-refractivity contribution in [3.8, 4) is 22.8 Å². The maximum atomic E-state index is 12.0. The average molecular weight is 524 g/mol. The summed E-state index contributed by atoms with van der Waals surface area (Å²) in [5.74, 6) is 2.23. The van der Waals surface area contributed by atoms with Crippen molar-refractivity contribution in [2.24, 2.45) is 0 Å². The minimum atomic E-state index is -3.18. The molecule has 1 fully saturated rings. The summed E-state index contributed by atoms with van der Waals surface area (Å²) in [6.07, 6.45) is 3.49. The molecule has 4 heterocycles. The van der Waals surface area contributed by atoms with E-state index in [1.54, 1.807) is 17.8 Å². The summed E-state index contributed by atoms with van der Waals surface area (Å²) in [6.45, 7) is 4.36. The number of aromatic nitrogens is 6. The molecule has 1 aliphatic rings. The fourth-order valence-electron chi connectivity index (χ4n) is 4.23. The van der Waals surface area contributed by atoms with Crippen molar-refractivity contribution in [3.05, 3.63) is 59.8 Å². The second kappa shape index (κ2) is 8.54. The molecule has 0 unspecified atom stereocenters. The van der Waals surface area contributed by atoms with Gasteiger partial charge < -0.3 is 9.72 Å². The smallest absolute Gasteiger partial charge is 0.213 e. The zero-order valence-corrected chi connectivity index (χ0v) is 21.1. The van der Waals surface area contributed by atoms with Crippen LogP contribution >= 0.6 is 11.6 Å². The quantitative estimate of drug-likeness (QED) is 0.352. The lowest BCUT2D eigenvalue weighted by molar-refractivity contribution is 0.191. The van der Waals surface area contributed by atoms with Gasteiger partial charge in [-0.05, 0) is 38.1 Å². The van der Waals surface area contributed by atoms with Gasteiger partial charge in [0.05, 0.1) is 40.1 Å². The van der Waals surface area contributed by atoms with Crippen LogP contribution in [-0.4, -0.2) is 61.3 Å². The molecule has 0 bridgehead atoms. The van der Waals surface area contributed by atoms with E-state index in [1.807, 2.05) is 49.5 Å². The van der Waals surface area contributed by atoms with E-state index < -0.39 is 10.0 Å². The van der Waals surface area contributed by atoms with E-state index in [0.29, 0.717) is 46.9 Å². The topological polar surface area (TPSA) is 119 Å². The number of H-pyrrole nitrogens is 1. The van der Waals surface area contributed by atoms with Crippen LogP contribution in [0.3, 0.4) is 0 Å². The number of nitrogens with one attached hydrogen (secondary N) is 1. The Morgan fingerprint density at radius 2 is 1.81 bits per heavy atom. The molecule has 10 nitrogen and oxygen atoms in total. The van der Waals surface area contributed by atoms with Crippen molar-refractivity contribution < 1.29 is 13.2 Å². The first kappa shape index (κ1) is 22.9. The first-order valence-electron chi connectivity index (χ1n) is 11.4. The van der Waals surface area contributed by atoms with Gasteiger partial charge in [0.1, 0.15) is 23.0 Å². The zero-order valence-electron chi connectivity index (χ0n) is 19.5.